The Bertz CT molecular complexity index is 898. The fourth-order valence-electron chi connectivity index (χ4n) is 2.95. The third kappa shape index (κ3) is 3.72. The number of nitrogens with zero attached hydrogens (tertiary/aromatic N) is 5. The van der Waals surface area contributed by atoms with E-state index in [1.807, 2.05) is 0 Å². The Morgan fingerprint density at radius 3 is 3.04 bits per heavy atom. The van der Waals surface area contributed by atoms with E-state index in [1.165, 1.54) is 10.4 Å². The van der Waals surface area contributed by atoms with Crippen molar-refractivity contribution in [2.45, 2.75) is 30.7 Å². The lowest BCUT2D eigenvalue weighted by Gasteiger charge is -2.30. The van der Waals surface area contributed by atoms with Gasteiger partial charge in [-0.1, -0.05) is 16.9 Å². The van der Waals surface area contributed by atoms with E-state index in [0.29, 0.717) is 11.6 Å². The van der Waals surface area contributed by atoms with Crippen molar-refractivity contribution >= 4 is 45.7 Å². The molecule has 1 N–H and O–H groups in total. The van der Waals surface area contributed by atoms with Gasteiger partial charge in [0.2, 0.25) is 5.89 Å². The van der Waals surface area contributed by atoms with Gasteiger partial charge >= 0.3 is 0 Å². The Morgan fingerprint density at radius 2 is 2.23 bits per heavy atom. The normalized spacial score (nSPS) is 18.2. The standard InChI is InChI=1S/C16H20N6OS2.ClH/c1-9-10(2)25-16-13(9)15(18-8-19-16)24-7-12-20-14(21-23-12)11-6-17-4-5-22(11)3;/h8,11,17H,4-7H2,1-3H3;1H. The van der Waals surface area contributed by atoms with E-state index in [-0.39, 0.29) is 18.4 Å². The number of thiophene rings is 1. The number of hydrogen-bond acceptors (Lipinski definition) is 9. The lowest BCUT2D eigenvalue weighted by atomic mass is 10.2. The van der Waals surface area contributed by atoms with Gasteiger partial charge in [-0.3, -0.25) is 4.90 Å². The number of hydrogen-bond donors (Lipinski definition) is 1. The van der Waals surface area contributed by atoms with Crippen molar-refractivity contribution in [2.75, 3.05) is 26.7 Å². The first-order valence-corrected chi connectivity index (χ1v) is 10.0. The van der Waals surface area contributed by atoms with Crippen LogP contribution in [0.3, 0.4) is 0 Å². The highest BCUT2D eigenvalue weighted by Crippen LogP contribution is 2.35. The van der Waals surface area contributed by atoms with Gasteiger partial charge in [-0.25, -0.2) is 9.97 Å². The lowest BCUT2D eigenvalue weighted by Crippen LogP contribution is -2.44. The summed E-state index contributed by atoms with van der Waals surface area (Å²) in [6.45, 7) is 7.08. The van der Waals surface area contributed by atoms with Crippen LogP contribution in [-0.4, -0.2) is 51.7 Å². The molecule has 0 bridgehead atoms. The van der Waals surface area contributed by atoms with Gasteiger partial charge in [-0.15, -0.1) is 23.7 Å². The summed E-state index contributed by atoms with van der Waals surface area (Å²) in [4.78, 5) is 18.0. The molecule has 1 unspecified atom stereocenters. The molecular formula is C16H21ClN6OS2. The van der Waals surface area contributed by atoms with Crippen LogP contribution in [0.25, 0.3) is 10.2 Å². The number of rotatable bonds is 4. The van der Waals surface area contributed by atoms with Gasteiger partial charge in [0.05, 0.1) is 11.8 Å². The van der Waals surface area contributed by atoms with Gasteiger partial charge in [-0.05, 0) is 26.5 Å². The number of fused-ring (bicyclic) bond motifs is 1. The van der Waals surface area contributed by atoms with Gasteiger partial charge in [0.1, 0.15) is 16.2 Å². The van der Waals surface area contributed by atoms with Gasteiger partial charge in [0.25, 0.3) is 0 Å². The van der Waals surface area contributed by atoms with Crippen molar-refractivity contribution in [2.24, 2.45) is 0 Å². The van der Waals surface area contributed by atoms with Crippen molar-refractivity contribution in [3.8, 4) is 0 Å². The molecule has 0 radical (unpaired) electrons. The first-order valence-electron chi connectivity index (χ1n) is 8.20. The van der Waals surface area contributed by atoms with Crippen molar-refractivity contribution in [3.63, 3.8) is 0 Å². The number of aryl methyl sites for hydroxylation is 2. The van der Waals surface area contributed by atoms with Gasteiger partial charge < -0.3 is 9.84 Å². The number of piperazine rings is 1. The van der Waals surface area contributed by atoms with E-state index >= 15 is 0 Å². The first kappa shape index (κ1) is 19.5. The Kier molecular flexibility index (Phi) is 6.13. The highest BCUT2D eigenvalue weighted by Gasteiger charge is 2.25. The smallest absolute Gasteiger partial charge is 0.237 e. The molecule has 3 aromatic heterocycles. The summed E-state index contributed by atoms with van der Waals surface area (Å²) in [5.41, 5.74) is 1.25. The molecule has 1 fully saturated rings. The topological polar surface area (TPSA) is 80.0 Å². The van der Waals surface area contributed by atoms with Crippen LogP contribution in [0.15, 0.2) is 15.9 Å². The summed E-state index contributed by atoms with van der Waals surface area (Å²) in [6, 6.07) is 0.170. The average Bonchev–Trinajstić information content (AvgIpc) is 3.19. The summed E-state index contributed by atoms with van der Waals surface area (Å²) in [5, 5.41) is 9.67. The molecule has 140 valence electrons. The molecule has 10 heteroatoms. The van der Waals surface area contributed by atoms with E-state index in [9.17, 15) is 0 Å². The van der Waals surface area contributed by atoms with Gasteiger partial charge in [0.15, 0.2) is 5.82 Å². The molecule has 1 atom stereocenters. The highest BCUT2D eigenvalue weighted by atomic mass is 35.5. The molecular weight excluding hydrogens is 392 g/mol. The fourth-order valence-corrected chi connectivity index (χ4v) is 4.90. The SMILES string of the molecule is Cc1sc2ncnc(SCc3nc(C4CNCCN4C)no3)c2c1C.Cl. The van der Waals surface area contributed by atoms with Gasteiger partial charge in [0, 0.05) is 29.9 Å². The van der Waals surface area contributed by atoms with Crippen LogP contribution < -0.4 is 5.32 Å². The van der Waals surface area contributed by atoms with E-state index in [1.54, 1.807) is 29.4 Å². The fraction of sp³-hybridized carbons (Fsp3) is 0.500. The van der Waals surface area contributed by atoms with Crippen LogP contribution in [0.2, 0.25) is 0 Å². The molecule has 0 aliphatic carbocycles. The molecule has 1 saturated heterocycles. The maximum Gasteiger partial charge on any atom is 0.237 e. The summed E-state index contributed by atoms with van der Waals surface area (Å²) in [6.07, 6.45) is 1.63. The third-order valence-corrected chi connectivity index (χ3v) is 6.65. The molecule has 4 rings (SSSR count). The van der Waals surface area contributed by atoms with E-state index in [0.717, 1.165) is 40.7 Å². The van der Waals surface area contributed by atoms with Crippen LogP contribution in [0.1, 0.15) is 28.2 Å². The van der Waals surface area contributed by atoms with Crippen LogP contribution in [-0.2, 0) is 5.75 Å². The van der Waals surface area contributed by atoms with E-state index in [2.05, 4.69) is 51.2 Å². The van der Waals surface area contributed by atoms with Crippen LogP contribution in [0, 0.1) is 13.8 Å². The Balaban J connectivity index is 0.00000196. The zero-order valence-electron chi connectivity index (χ0n) is 14.9. The predicted molar refractivity (Wildman–Crippen MR) is 106 cm³/mol. The monoisotopic (exact) mass is 412 g/mol. The summed E-state index contributed by atoms with van der Waals surface area (Å²) in [5.74, 6) is 1.99. The Morgan fingerprint density at radius 1 is 1.38 bits per heavy atom. The van der Waals surface area contributed by atoms with Crippen LogP contribution in [0.5, 0.6) is 0 Å². The van der Waals surface area contributed by atoms with Gasteiger partial charge in [-0.2, -0.15) is 4.98 Å². The molecule has 3 aromatic rings. The zero-order valence-corrected chi connectivity index (χ0v) is 17.3. The maximum atomic E-state index is 5.46. The second kappa shape index (κ2) is 8.18. The Labute approximate surface area is 166 Å². The minimum atomic E-state index is 0. The average molecular weight is 413 g/mol. The van der Waals surface area contributed by atoms with Crippen molar-refractivity contribution < 1.29 is 4.52 Å². The van der Waals surface area contributed by atoms with Crippen LogP contribution in [0.4, 0.5) is 0 Å². The largest absolute Gasteiger partial charge is 0.338 e. The number of thioether (sulfide) groups is 1. The minimum Gasteiger partial charge on any atom is -0.338 e. The maximum absolute atomic E-state index is 5.46. The molecule has 1 aliphatic rings. The zero-order chi connectivity index (χ0) is 17.4. The van der Waals surface area contributed by atoms with E-state index in [4.69, 9.17) is 4.52 Å². The number of nitrogens with one attached hydrogen (secondary N) is 1. The molecule has 1 aliphatic heterocycles. The minimum absolute atomic E-state index is 0. The molecule has 0 aromatic carbocycles. The summed E-state index contributed by atoms with van der Waals surface area (Å²) >= 11 is 3.33. The molecule has 0 spiro atoms. The molecule has 0 saturated carbocycles. The van der Waals surface area contributed by atoms with Crippen molar-refractivity contribution in [1.82, 2.24) is 30.3 Å². The Hall–Kier alpha value is -1.26. The molecule has 4 heterocycles. The summed E-state index contributed by atoms with van der Waals surface area (Å²) < 4.78 is 5.46. The molecule has 0 amide bonds. The van der Waals surface area contributed by atoms with Crippen LogP contribution >= 0.6 is 35.5 Å². The summed E-state index contributed by atoms with van der Waals surface area (Å²) in [7, 11) is 2.09. The highest BCUT2D eigenvalue weighted by molar-refractivity contribution is 7.98. The number of aromatic nitrogens is 4. The molecule has 7 nitrogen and oxygen atoms in total. The first-order chi connectivity index (χ1) is 12.1. The van der Waals surface area contributed by atoms with Crippen molar-refractivity contribution in [3.05, 3.63) is 28.5 Å². The predicted octanol–water partition coefficient (Wildman–Crippen LogP) is 2.98. The van der Waals surface area contributed by atoms with E-state index < -0.39 is 0 Å². The lowest BCUT2D eigenvalue weighted by molar-refractivity contribution is 0.190. The third-order valence-electron chi connectivity index (χ3n) is 4.56. The second-order valence-corrected chi connectivity index (χ2v) is 8.34. The van der Waals surface area contributed by atoms with Crippen molar-refractivity contribution in [1.29, 1.82) is 0 Å². The number of halogens is 1. The second-order valence-electron chi connectivity index (χ2n) is 6.18. The number of likely N-dealkylation sites (N-methyl/N-ethyl adjacent to an activating group) is 1. The quantitative estimate of drug-likeness (QED) is 0.517. The molecule has 26 heavy (non-hydrogen) atoms.